The largest absolute Gasteiger partial charge is 0.490 e. The van der Waals surface area contributed by atoms with Crippen LogP contribution in [-0.2, 0) is 9.57 Å². The van der Waals surface area contributed by atoms with Gasteiger partial charge < -0.3 is 20.0 Å². The number of aliphatic imine (C=N–C) groups is 1. The van der Waals surface area contributed by atoms with Gasteiger partial charge in [-0.2, -0.15) is 5.48 Å². The van der Waals surface area contributed by atoms with Crippen molar-refractivity contribution in [3.63, 3.8) is 0 Å². The van der Waals surface area contributed by atoms with Crippen molar-refractivity contribution in [2.45, 2.75) is 51.0 Å². The van der Waals surface area contributed by atoms with Crippen LogP contribution in [0.1, 0.15) is 55.3 Å². The fourth-order valence-corrected chi connectivity index (χ4v) is 3.32. The lowest BCUT2D eigenvalue weighted by Crippen LogP contribution is -2.35. The Morgan fingerprint density at radius 1 is 1.22 bits per heavy atom. The number of nitrogens with one attached hydrogen (secondary N) is 1. The first-order valence-electron chi connectivity index (χ1n) is 9.32. The average molecular weight is 442 g/mol. The molecule has 0 aliphatic heterocycles. The Morgan fingerprint density at radius 2 is 1.93 bits per heavy atom. The van der Waals surface area contributed by atoms with Crippen molar-refractivity contribution in [1.82, 2.24) is 5.48 Å². The van der Waals surface area contributed by atoms with E-state index in [-0.39, 0.29) is 17.6 Å². The molecule has 0 amide bonds. The molecule has 2 rings (SSSR count). The smallest absolute Gasteiger partial charge is 0.366 e. The lowest BCUT2D eigenvalue weighted by Gasteiger charge is -2.17. The van der Waals surface area contributed by atoms with E-state index in [2.05, 4.69) is 26.4 Å². The van der Waals surface area contributed by atoms with Gasteiger partial charge in [0.15, 0.2) is 0 Å². The molecule has 1 aromatic rings. The molecule has 1 saturated carbocycles. The Labute approximate surface area is 168 Å². The summed E-state index contributed by atoms with van der Waals surface area (Å²) in [7, 11) is 1.59. The van der Waals surface area contributed by atoms with Crippen LogP contribution in [-0.4, -0.2) is 38.3 Å². The van der Waals surface area contributed by atoms with Crippen LogP contribution < -0.4 is 16.0 Å². The summed E-state index contributed by atoms with van der Waals surface area (Å²) in [6.45, 7) is 0.751. The Balaban J connectivity index is 1.93. The Kier molecular flexibility index (Phi) is 9.41. The number of carbonyl (C=O) groups excluding carboxylic acids is 1. The molecule has 1 fully saturated rings. The van der Waals surface area contributed by atoms with Crippen LogP contribution in [0.3, 0.4) is 0 Å². The van der Waals surface area contributed by atoms with E-state index in [1.54, 1.807) is 25.3 Å². The topological polar surface area (TPSA) is 95.2 Å². The fraction of sp³-hybridized carbons (Fsp3) is 0.579. The highest BCUT2D eigenvalue weighted by atomic mass is 79.9. The summed E-state index contributed by atoms with van der Waals surface area (Å²) in [4.78, 5) is 22.0. The van der Waals surface area contributed by atoms with Gasteiger partial charge >= 0.3 is 5.97 Å². The molecule has 0 bridgehead atoms. The molecular weight excluding hydrogens is 414 g/mol. The van der Waals surface area contributed by atoms with Crippen molar-refractivity contribution in [2.24, 2.45) is 10.7 Å². The van der Waals surface area contributed by atoms with Crippen LogP contribution in [0.5, 0.6) is 5.75 Å². The maximum atomic E-state index is 12.4. The Morgan fingerprint density at radius 3 is 2.63 bits per heavy atom. The van der Waals surface area contributed by atoms with Crippen LogP contribution in [0, 0.1) is 0 Å². The predicted octanol–water partition coefficient (Wildman–Crippen LogP) is 3.56. The molecule has 0 radical (unpaired) electrons. The second kappa shape index (κ2) is 11.8. The van der Waals surface area contributed by atoms with Crippen LogP contribution >= 0.6 is 15.9 Å². The first kappa shape index (κ1) is 21.5. The third-order valence-electron chi connectivity index (χ3n) is 4.35. The van der Waals surface area contributed by atoms with Crippen LogP contribution in [0.2, 0.25) is 0 Å². The lowest BCUT2D eigenvalue weighted by molar-refractivity contribution is 0.0376. The van der Waals surface area contributed by atoms with Crippen molar-refractivity contribution < 1.29 is 19.1 Å². The van der Waals surface area contributed by atoms with E-state index in [4.69, 9.17) is 20.0 Å². The van der Waals surface area contributed by atoms with Crippen molar-refractivity contribution in [3.8, 4) is 5.75 Å². The maximum Gasteiger partial charge on any atom is 0.366 e. The van der Waals surface area contributed by atoms with E-state index in [1.165, 1.54) is 19.3 Å². The normalized spacial score (nSPS) is 16.3. The molecule has 150 valence electrons. The standard InChI is InChI=1S/C19H28BrN3O4/c1-25-11-12-26-17-10-9-14(20)13-16(17)18(24)27-23-19(21)22-15-7-5-3-2-4-6-8-15/h9-10,13,15H,2-8,11-12H2,1H3,(H3,21,22,23). The minimum atomic E-state index is -0.598. The summed E-state index contributed by atoms with van der Waals surface area (Å²) >= 11 is 3.35. The summed E-state index contributed by atoms with van der Waals surface area (Å²) in [5, 5.41) is 0. The molecule has 3 N–H and O–H groups in total. The maximum absolute atomic E-state index is 12.4. The van der Waals surface area contributed by atoms with Gasteiger partial charge in [-0.1, -0.05) is 48.0 Å². The minimum Gasteiger partial charge on any atom is -0.490 e. The lowest BCUT2D eigenvalue weighted by atomic mass is 9.97. The van der Waals surface area contributed by atoms with Crippen molar-refractivity contribution in [1.29, 1.82) is 0 Å². The zero-order valence-electron chi connectivity index (χ0n) is 15.7. The van der Waals surface area contributed by atoms with E-state index in [0.717, 1.165) is 30.2 Å². The summed E-state index contributed by atoms with van der Waals surface area (Å²) in [6.07, 6.45) is 8.11. The summed E-state index contributed by atoms with van der Waals surface area (Å²) in [6, 6.07) is 5.29. The molecular formula is C19H28BrN3O4. The number of nitrogens with two attached hydrogens (primary N) is 1. The summed E-state index contributed by atoms with van der Waals surface area (Å²) < 4.78 is 11.3. The third kappa shape index (κ3) is 7.76. The zero-order chi connectivity index (χ0) is 19.5. The highest BCUT2D eigenvalue weighted by Gasteiger charge is 2.16. The number of benzene rings is 1. The first-order valence-corrected chi connectivity index (χ1v) is 10.1. The number of hydrogen-bond donors (Lipinski definition) is 2. The number of nitrogens with zero attached hydrogens (tertiary/aromatic N) is 1. The number of halogens is 1. The second-order valence-electron chi connectivity index (χ2n) is 6.49. The summed E-state index contributed by atoms with van der Waals surface area (Å²) in [5.41, 5.74) is 8.64. The monoisotopic (exact) mass is 441 g/mol. The highest BCUT2D eigenvalue weighted by molar-refractivity contribution is 9.10. The number of rotatable bonds is 6. The summed E-state index contributed by atoms with van der Waals surface area (Å²) in [5.74, 6) is -0.0668. The van der Waals surface area contributed by atoms with Crippen molar-refractivity contribution >= 4 is 27.9 Å². The van der Waals surface area contributed by atoms with Crippen LogP contribution in [0.4, 0.5) is 0 Å². The minimum absolute atomic E-state index is 0.116. The molecule has 1 aromatic carbocycles. The van der Waals surface area contributed by atoms with Crippen LogP contribution in [0.15, 0.2) is 27.7 Å². The second-order valence-corrected chi connectivity index (χ2v) is 7.40. The van der Waals surface area contributed by atoms with E-state index < -0.39 is 5.97 Å². The molecule has 0 spiro atoms. The molecule has 8 heteroatoms. The number of carbonyl (C=O) groups is 1. The van der Waals surface area contributed by atoms with Gasteiger partial charge in [0.05, 0.1) is 12.6 Å². The number of guanidine groups is 1. The molecule has 7 nitrogen and oxygen atoms in total. The van der Waals surface area contributed by atoms with Gasteiger partial charge in [0, 0.05) is 11.6 Å². The van der Waals surface area contributed by atoms with E-state index in [1.807, 2.05) is 0 Å². The van der Waals surface area contributed by atoms with Gasteiger partial charge in [-0.3, -0.25) is 0 Å². The molecule has 0 unspecified atom stereocenters. The Hall–Kier alpha value is -1.80. The SMILES string of the molecule is COCCOc1ccc(Br)cc1C(=O)ONC(N)=NC1CCCCCCC1. The number of hydroxylamine groups is 1. The van der Waals surface area contributed by atoms with Gasteiger partial charge in [0.2, 0.25) is 5.96 Å². The van der Waals surface area contributed by atoms with Gasteiger partial charge in [0.1, 0.15) is 17.9 Å². The third-order valence-corrected chi connectivity index (χ3v) is 4.84. The molecule has 0 atom stereocenters. The van der Waals surface area contributed by atoms with Crippen molar-refractivity contribution in [2.75, 3.05) is 20.3 Å². The molecule has 0 heterocycles. The number of ether oxygens (including phenoxy) is 2. The van der Waals surface area contributed by atoms with E-state index >= 15 is 0 Å². The molecule has 0 saturated heterocycles. The van der Waals surface area contributed by atoms with E-state index in [9.17, 15) is 4.79 Å². The quantitative estimate of drug-likeness (QED) is 0.303. The Bertz CT molecular complexity index is 631. The number of methoxy groups -OCH3 is 1. The zero-order valence-corrected chi connectivity index (χ0v) is 17.3. The van der Waals surface area contributed by atoms with Gasteiger partial charge in [0.25, 0.3) is 0 Å². The molecule has 1 aliphatic carbocycles. The first-order chi connectivity index (χ1) is 13.1. The van der Waals surface area contributed by atoms with Gasteiger partial charge in [-0.25, -0.2) is 9.79 Å². The van der Waals surface area contributed by atoms with Crippen molar-refractivity contribution in [3.05, 3.63) is 28.2 Å². The van der Waals surface area contributed by atoms with Crippen LogP contribution in [0.25, 0.3) is 0 Å². The molecule has 1 aliphatic rings. The van der Waals surface area contributed by atoms with Gasteiger partial charge in [-0.05, 0) is 31.0 Å². The van der Waals surface area contributed by atoms with E-state index in [0.29, 0.717) is 19.0 Å². The average Bonchev–Trinajstić information content (AvgIpc) is 2.63. The number of hydrogen-bond acceptors (Lipinski definition) is 5. The molecule has 0 aromatic heterocycles. The highest BCUT2D eigenvalue weighted by Crippen LogP contribution is 2.24. The van der Waals surface area contributed by atoms with Gasteiger partial charge in [-0.15, -0.1) is 0 Å². The molecule has 27 heavy (non-hydrogen) atoms. The predicted molar refractivity (Wildman–Crippen MR) is 108 cm³/mol. The fourth-order valence-electron chi connectivity index (χ4n) is 2.96.